The summed E-state index contributed by atoms with van der Waals surface area (Å²) in [6.07, 6.45) is 5.90. The minimum Gasteiger partial charge on any atom is -0.340 e. The Morgan fingerprint density at radius 2 is 1.71 bits per heavy atom. The monoisotopic (exact) mass is 460 g/mol. The number of carbonyl (C=O) groups excluding carboxylic acids is 2. The molecule has 4 rings (SSSR count). The molecule has 0 aliphatic carbocycles. The van der Waals surface area contributed by atoms with Crippen molar-refractivity contribution in [3.8, 4) is 0 Å². The molecule has 2 aromatic rings. The zero-order chi connectivity index (χ0) is 21.6. The number of nitrogens with one attached hydrogen (secondary N) is 2. The van der Waals surface area contributed by atoms with Gasteiger partial charge in [0.25, 0.3) is 5.91 Å². The van der Waals surface area contributed by atoms with E-state index in [2.05, 4.69) is 15.5 Å². The fourth-order valence-corrected chi connectivity index (χ4v) is 5.35. The highest BCUT2D eigenvalue weighted by Crippen LogP contribution is 2.26. The number of piperidine rings is 2. The number of hydrogen-bond acceptors (Lipinski definition) is 4. The van der Waals surface area contributed by atoms with Gasteiger partial charge in [0.05, 0.1) is 0 Å². The van der Waals surface area contributed by atoms with Gasteiger partial charge < -0.3 is 20.4 Å². The molecule has 31 heavy (non-hydrogen) atoms. The van der Waals surface area contributed by atoms with Gasteiger partial charge in [0.15, 0.2) is 0 Å². The van der Waals surface area contributed by atoms with E-state index >= 15 is 0 Å². The van der Waals surface area contributed by atoms with Crippen LogP contribution in [0.3, 0.4) is 0 Å². The molecule has 3 heterocycles. The van der Waals surface area contributed by atoms with Crippen molar-refractivity contribution in [1.29, 1.82) is 0 Å². The highest BCUT2D eigenvalue weighted by Gasteiger charge is 2.32. The summed E-state index contributed by atoms with van der Waals surface area (Å²) in [5.74, 6) is -0.0363. The van der Waals surface area contributed by atoms with Crippen molar-refractivity contribution in [3.05, 3.63) is 51.7 Å². The molecule has 3 amide bonds. The quantitative estimate of drug-likeness (QED) is 0.677. The predicted molar refractivity (Wildman–Crippen MR) is 126 cm³/mol. The molecule has 0 spiro atoms. The van der Waals surface area contributed by atoms with Gasteiger partial charge in [-0.1, -0.05) is 24.1 Å². The van der Waals surface area contributed by atoms with Crippen LogP contribution in [0.4, 0.5) is 10.5 Å². The number of nitrogens with zero attached hydrogens (tertiary/aromatic N) is 2. The van der Waals surface area contributed by atoms with Crippen molar-refractivity contribution in [2.75, 3.05) is 31.5 Å². The Morgan fingerprint density at radius 1 is 1.00 bits per heavy atom. The standard InChI is InChI=1S/C23H29ClN4O2S/c24-17-6-8-18(9-7-17)25-23(30)26-21(20-5-4-16-31-20)22(29)28-14-10-19(11-15-28)27-12-2-1-3-13-27/h4-9,16,19,21H,1-3,10-15H2,(H2,25,26,30)/t21-/m1/s1. The van der Waals surface area contributed by atoms with Crippen molar-refractivity contribution in [1.82, 2.24) is 15.1 Å². The number of urea groups is 1. The van der Waals surface area contributed by atoms with Gasteiger partial charge in [-0.3, -0.25) is 4.79 Å². The molecule has 6 nitrogen and oxygen atoms in total. The predicted octanol–water partition coefficient (Wildman–Crippen LogP) is 4.74. The summed E-state index contributed by atoms with van der Waals surface area (Å²) in [4.78, 5) is 31.3. The number of anilines is 1. The summed E-state index contributed by atoms with van der Waals surface area (Å²) in [7, 11) is 0. The van der Waals surface area contributed by atoms with Gasteiger partial charge in [0.1, 0.15) is 6.04 Å². The Balaban J connectivity index is 1.37. The van der Waals surface area contributed by atoms with E-state index in [-0.39, 0.29) is 5.91 Å². The molecule has 2 fully saturated rings. The zero-order valence-corrected chi connectivity index (χ0v) is 19.1. The minimum atomic E-state index is -0.682. The highest BCUT2D eigenvalue weighted by atomic mass is 35.5. The average Bonchev–Trinajstić information content (AvgIpc) is 3.34. The normalized spacial score (nSPS) is 19.1. The highest BCUT2D eigenvalue weighted by molar-refractivity contribution is 7.10. The van der Waals surface area contributed by atoms with Crippen molar-refractivity contribution in [2.45, 2.75) is 44.2 Å². The van der Waals surface area contributed by atoms with Crippen molar-refractivity contribution in [2.24, 2.45) is 0 Å². The molecular formula is C23H29ClN4O2S. The Hall–Kier alpha value is -2.09. The molecule has 2 N–H and O–H groups in total. The van der Waals surface area contributed by atoms with Crippen LogP contribution in [-0.4, -0.2) is 54.0 Å². The van der Waals surface area contributed by atoms with E-state index in [1.807, 2.05) is 22.4 Å². The second kappa shape index (κ2) is 10.5. The average molecular weight is 461 g/mol. The lowest BCUT2D eigenvalue weighted by molar-refractivity contribution is -0.135. The molecule has 166 valence electrons. The molecule has 2 aliphatic heterocycles. The van der Waals surface area contributed by atoms with Crippen LogP contribution in [0.1, 0.15) is 43.0 Å². The van der Waals surface area contributed by atoms with Crippen LogP contribution in [0.15, 0.2) is 41.8 Å². The Bertz CT molecular complexity index is 860. The lowest BCUT2D eigenvalue weighted by atomic mass is 9.99. The third-order valence-corrected chi connectivity index (χ3v) is 7.32. The van der Waals surface area contributed by atoms with E-state index in [1.165, 1.54) is 43.7 Å². The summed E-state index contributed by atoms with van der Waals surface area (Å²) >= 11 is 7.39. The third kappa shape index (κ3) is 5.79. The number of hydrogen-bond donors (Lipinski definition) is 2. The number of halogens is 1. The zero-order valence-electron chi connectivity index (χ0n) is 17.6. The Labute approximate surface area is 192 Å². The number of thiophene rings is 1. The van der Waals surface area contributed by atoms with Crippen LogP contribution in [-0.2, 0) is 4.79 Å². The van der Waals surface area contributed by atoms with Crippen LogP contribution in [0.2, 0.25) is 5.02 Å². The van der Waals surface area contributed by atoms with E-state index < -0.39 is 12.1 Å². The van der Waals surface area contributed by atoms with Gasteiger partial charge >= 0.3 is 6.03 Å². The van der Waals surface area contributed by atoms with Gasteiger partial charge in [-0.05, 0) is 74.5 Å². The van der Waals surface area contributed by atoms with Gasteiger partial charge in [0, 0.05) is 34.7 Å². The number of likely N-dealkylation sites (tertiary alicyclic amines) is 2. The summed E-state index contributed by atoms with van der Waals surface area (Å²) in [6.45, 7) is 3.84. The number of amides is 3. The molecule has 1 aromatic heterocycles. The van der Waals surface area contributed by atoms with E-state index in [4.69, 9.17) is 11.6 Å². The summed E-state index contributed by atoms with van der Waals surface area (Å²) in [6, 6.07) is 10.2. The molecule has 8 heteroatoms. The smallest absolute Gasteiger partial charge is 0.320 e. The second-order valence-electron chi connectivity index (χ2n) is 8.21. The van der Waals surface area contributed by atoms with Crippen molar-refractivity contribution in [3.63, 3.8) is 0 Å². The first-order chi connectivity index (χ1) is 15.1. The van der Waals surface area contributed by atoms with Gasteiger partial charge in [-0.2, -0.15) is 0 Å². The lowest BCUT2D eigenvalue weighted by Gasteiger charge is -2.41. The largest absolute Gasteiger partial charge is 0.340 e. The van der Waals surface area contributed by atoms with E-state index in [1.54, 1.807) is 24.3 Å². The first-order valence-corrected chi connectivity index (χ1v) is 12.3. The molecule has 0 bridgehead atoms. The molecule has 0 saturated carbocycles. The molecule has 2 saturated heterocycles. The van der Waals surface area contributed by atoms with E-state index in [0.29, 0.717) is 16.8 Å². The van der Waals surface area contributed by atoms with Crippen LogP contribution >= 0.6 is 22.9 Å². The van der Waals surface area contributed by atoms with Crippen molar-refractivity contribution >= 4 is 40.6 Å². The number of rotatable bonds is 5. The van der Waals surface area contributed by atoms with Gasteiger partial charge in [-0.15, -0.1) is 11.3 Å². The van der Waals surface area contributed by atoms with Gasteiger partial charge in [-0.25, -0.2) is 4.79 Å². The van der Waals surface area contributed by atoms with Crippen LogP contribution < -0.4 is 10.6 Å². The Kier molecular flexibility index (Phi) is 7.48. The maximum atomic E-state index is 13.4. The Morgan fingerprint density at radius 3 is 2.35 bits per heavy atom. The third-order valence-electron chi connectivity index (χ3n) is 6.14. The molecule has 2 aliphatic rings. The maximum Gasteiger partial charge on any atom is 0.320 e. The summed E-state index contributed by atoms with van der Waals surface area (Å²) in [5, 5.41) is 8.20. The first kappa shape index (κ1) is 22.1. The van der Waals surface area contributed by atoms with Crippen LogP contribution in [0.5, 0.6) is 0 Å². The topological polar surface area (TPSA) is 64.7 Å². The fourth-order valence-electron chi connectivity index (χ4n) is 4.46. The number of carbonyl (C=O) groups is 2. The minimum absolute atomic E-state index is 0.0363. The second-order valence-corrected chi connectivity index (χ2v) is 9.62. The molecule has 0 radical (unpaired) electrons. The molecule has 1 aromatic carbocycles. The van der Waals surface area contributed by atoms with Crippen LogP contribution in [0, 0.1) is 0 Å². The van der Waals surface area contributed by atoms with Gasteiger partial charge in [0.2, 0.25) is 0 Å². The molecular weight excluding hydrogens is 432 g/mol. The fraction of sp³-hybridized carbons (Fsp3) is 0.478. The van der Waals surface area contributed by atoms with Crippen molar-refractivity contribution < 1.29 is 9.59 Å². The molecule has 1 atom stereocenters. The lowest BCUT2D eigenvalue weighted by Crippen LogP contribution is -2.51. The maximum absolute atomic E-state index is 13.4. The summed E-state index contributed by atoms with van der Waals surface area (Å²) < 4.78 is 0. The SMILES string of the molecule is O=C(Nc1ccc(Cl)cc1)N[C@@H](C(=O)N1CCC(N2CCCCC2)CC1)c1cccs1. The van der Waals surface area contributed by atoms with E-state index in [0.717, 1.165) is 30.8 Å². The first-order valence-electron chi connectivity index (χ1n) is 11.0. The van der Waals surface area contributed by atoms with E-state index in [9.17, 15) is 9.59 Å². The summed E-state index contributed by atoms with van der Waals surface area (Å²) in [5.41, 5.74) is 0.627. The molecule has 0 unspecified atom stereocenters. The van der Waals surface area contributed by atoms with Crippen LogP contribution in [0.25, 0.3) is 0 Å². The number of benzene rings is 1.